The van der Waals surface area contributed by atoms with E-state index in [1.54, 1.807) is 6.07 Å². The molecule has 1 aromatic carbocycles. The molecule has 1 heterocycles. The molecule has 1 aromatic heterocycles. The summed E-state index contributed by atoms with van der Waals surface area (Å²) in [6.07, 6.45) is 4.91. The highest BCUT2D eigenvalue weighted by Crippen LogP contribution is 2.33. The fourth-order valence-electron chi connectivity index (χ4n) is 2.60. The van der Waals surface area contributed by atoms with E-state index in [9.17, 15) is 5.11 Å². The third-order valence-corrected chi connectivity index (χ3v) is 3.51. The molecule has 3 rings (SSSR count). The number of hydrogen-bond acceptors (Lipinski definition) is 1. The van der Waals surface area contributed by atoms with Gasteiger partial charge in [-0.1, -0.05) is 0 Å². The molecule has 1 aliphatic carbocycles. The van der Waals surface area contributed by atoms with Crippen LogP contribution in [0.4, 0.5) is 0 Å². The van der Waals surface area contributed by atoms with Crippen LogP contribution in [0.15, 0.2) is 12.1 Å². The molecule has 2 heteroatoms. The van der Waals surface area contributed by atoms with Crippen LogP contribution in [-0.4, -0.2) is 10.1 Å². The van der Waals surface area contributed by atoms with E-state index < -0.39 is 0 Å². The summed E-state index contributed by atoms with van der Waals surface area (Å²) in [5.74, 6) is 0.390. The summed E-state index contributed by atoms with van der Waals surface area (Å²) >= 11 is 0. The number of aryl methyl sites for hydroxylation is 3. The number of rotatable bonds is 0. The minimum atomic E-state index is 0.390. The van der Waals surface area contributed by atoms with Gasteiger partial charge in [0.2, 0.25) is 0 Å². The van der Waals surface area contributed by atoms with Crippen LogP contribution >= 0.6 is 0 Å². The molecule has 0 atom stereocenters. The van der Waals surface area contributed by atoms with Crippen LogP contribution in [0.5, 0.6) is 5.75 Å². The van der Waals surface area contributed by atoms with Gasteiger partial charge in [0.15, 0.2) is 0 Å². The van der Waals surface area contributed by atoms with Crippen LogP contribution in [0.3, 0.4) is 0 Å². The molecule has 0 bridgehead atoms. The third kappa shape index (κ3) is 1.17. The summed E-state index contributed by atoms with van der Waals surface area (Å²) in [4.78, 5) is 3.47. The predicted molar refractivity (Wildman–Crippen MR) is 61.3 cm³/mol. The Labute approximate surface area is 88.9 Å². The molecule has 0 radical (unpaired) electrons. The first-order chi connectivity index (χ1) is 7.27. The van der Waals surface area contributed by atoms with Gasteiger partial charge >= 0.3 is 0 Å². The lowest BCUT2D eigenvalue weighted by Crippen LogP contribution is -1.99. The average Bonchev–Trinajstić information content (AvgIpc) is 2.63. The maximum atomic E-state index is 9.66. The van der Waals surface area contributed by atoms with Crippen molar-refractivity contribution in [3.05, 3.63) is 29.0 Å². The number of aromatic nitrogens is 1. The molecule has 78 valence electrons. The van der Waals surface area contributed by atoms with E-state index in [4.69, 9.17) is 0 Å². The zero-order valence-corrected chi connectivity index (χ0v) is 8.93. The molecule has 1 aliphatic rings. The molecule has 2 nitrogen and oxygen atoms in total. The molecule has 0 amide bonds. The summed E-state index contributed by atoms with van der Waals surface area (Å²) in [5.41, 5.74) is 4.95. The second kappa shape index (κ2) is 3.02. The van der Waals surface area contributed by atoms with E-state index in [1.807, 2.05) is 13.0 Å². The summed E-state index contributed by atoms with van der Waals surface area (Å²) in [6.45, 7) is 1.97. The number of phenols is 1. The van der Waals surface area contributed by atoms with Crippen LogP contribution in [0.2, 0.25) is 0 Å². The Bertz CT molecular complexity index is 525. The van der Waals surface area contributed by atoms with Crippen molar-refractivity contribution in [1.29, 1.82) is 0 Å². The van der Waals surface area contributed by atoms with Crippen LogP contribution < -0.4 is 0 Å². The lowest BCUT2D eigenvalue weighted by molar-refractivity contribution is 0.472. The molecule has 0 aliphatic heterocycles. The standard InChI is InChI=1S/C13H15NO/c1-8-12(15)7-6-10-9-4-2-3-5-11(9)14-13(8)10/h6-7,14-15H,2-5H2,1H3. The summed E-state index contributed by atoms with van der Waals surface area (Å²) in [6, 6.07) is 3.85. The van der Waals surface area contributed by atoms with E-state index in [-0.39, 0.29) is 0 Å². The van der Waals surface area contributed by atoms with Gasteiger partial charge in [-0.05, 0) is 50.3 Å². The third-order valence-electron chi connectivity index (χ3n) is 3.51. The van der Waals surface area contributed by atoms with Crippen LogP contribution in [0.1, 0.15) is 29.7 Å². The van der Waals surface area contributed by atoms with Gasteiger partial charge in [0.05, 0.1) is 5.52 Å². The largest absolute Gasteiger partial charge is 0.508 e. The first-order valence-corrected chi connectivity index (χ1v) is 5.59. The Morgan fingerprint density at radius 1 is 1.20 bits per heavy atom. The van der Waals surface area contributed by atoms with E-state index in [2.05, 4.69) is 4.98 Å². The summed E-state index contributed by atoms with van der Waals surface area (Å²) in [7, 11) is 0. The highest BCUT2D eigenvalue weighted by atomic mass is 16.3. The Balaban J connectivity index is 2.36. The lowest BCUT2D eigenvalue weighted by Gasteiger charge is -2.10. The van der Waals surface area contributed by atoms with Crippen molar-refractivity contribution >= 4 is 10.9 Å². The number of aromatic hydroxyl groups is 1. The van der Waals surface area contributed by atoms with Gasteiger partial charge in [0.25, 0.3) is 0 Å². The van der Waals surface area contributed by atoms with E-state index in [1.165, 1.54) is 35.9 Å². The number of nitrogens with one attached hydrogen (secondary N) is 1. The van der Waals surface area contributed by atoms with Gasteiger partial charge in [0.1, 0.15) is 5.75 Å². The fraction of sp³-hybridized carbons (Fsp3) is 0.385. The van der Waals surface area contributed by atoms with E-state index in [0.717, 1.165) is 17.5 Å². The van der Waals surface area contributed by atoms with Crippen molar-refractivity contribution in [3.63, 3.8) is 0 Å². The SMILES string of the molecule is Cc1c(O)ccc2c3c([nH]c12)CCCC3. The van der Waals surface area contributed by atoms with Crippen molar-refractivity contribution in [2.75, 3.05) is 0 Å². The molecule has 2 N–H and O–H groups in total. The maximum Gasteiger partial charge on any atom is 0.120 e. The van der Waals surface area contributed by atoms with Crippen LogP contribution in [-0.2, 0) is 12.8 Å². The first kappa shape index (κ1) is 8.84. The number of benzene rings is 1. The Hall–Kier alpha value is -1.44. The van der Waals surface area contributed by atoms with Gasteiger partial charge < -0.3 is 10.1 Å². The summed E-state index contributed by atoms with van der Waals surface area (Å²) in [5, 5.41) is 11.0. The highest BCUT2D eigenvalue weighted by molar-refractivity contribution is 5.89. The van der Waals surface area contributed by atoms with Gasteiger partial charge in [-0.15, -0.1) is 0 Å². The molecular formula is C13H15NO. The molecule has 0 saturated heterocycles. The van der Waals surface area contributed by atoms with Crippen LogP contribution in [0.25, 0.3) is 10.9 Å². The lowest BCUT2D eigenvalue weighted by atomic mass is 9.95. The molecule has 0 saturated carbocycles. The number of aromatic amines is 1. The number of phenolic OH excluding ortho intramolecular Hbond substituents is 1. The fourth-order valence-corrected chi connectivity index (χ4v) is 2.60. The van der Waals surface area contributed by atoms with Gasteiger partial charge in [0, 0.05) is 16.6 Å². The molecule has 0 fully saturated rings. The topological polar surface area (TPSA) is 36.0 Å². The zero-order chi connectivity index (χ0) is 10.4. The van der Waals surface area contributed by atoms with Crippen molar-refractivity contribution in [2.24, 2.45) is 0 Å². The summed E-state index contributed by atoms with van der Waals surface area (Å²) < 4.78 is 0. The monoisotopic (exact) mass is 201 g/mol. The number of H-pyrrole nitrogens is 1. The number of hydrogen-bond donors (Lipinski definition) is 2. The minimum Gasteiger partial charge on any atom is -0.508 e. The van der Waals surface area contributed by atoms with Crippen molar-refractivity contribution in [3.8, 4) is 5.75 Å². The minimum absolute atomic E-state index is 0.390. The van der Waals surface area contributed by atoms with Crippen molar-refractivity contribution in [1.82, 2.24) is 4.98 Å². The van der Waals surface area contributed by atoms with Gasteiger partial charge in [-0.3, -0.25) is 0 Å². The average molecular weight is 201 g/mol. The molecule has 15 heavy (non-hydrogen) atoms. The molecule has 2 aromatic rings. The second-order valence-electron chi connectivity index (χ2n) is 4.42. The van der Waals surface area contributed by atoms with Crippen molar-refractivity contribution < 1.29 is 5.11 Å². The number of fused-ring (bicyclic) bond motifs is 3. The molecular weight excluding hydrogens is 186 g/mol. The zero-order valence-electron chi connectivity index (χ0n) is 8.93. The van der Waals surface area contributed by atoms with Gasteiger partial charge in [-0.2, -0.15) is 0 Å². The van der Waals surface area contributed by atoms with E-state index in [0.29, 0.717) is 5.75 Å². The Morgan fingerprint density at radius 2 is 2.00 bits per heavy atom. The molecule has 0 unspecified atom stereocenters. The first-order valence-electron chi connectivity index (χ1n) is 5.59. The highest BCUT2D eigenvalue weighted by Gasteiger charge is 2.16. The van der Waals surface area contributed by atoms with E-state index >= 15 is 0 Å². The second-order valence-corrected chi connectivity index (χ2v) is 4.42. The normalized spacial score (nSPS) is 15.5. The smallest absolute Gasteiger partial charge is 0.120 e. The maximum absolute atomic E-state index is 9.66. The van der Waals surface area contributed by atoms with Gasteiger partial charge in [-0.25, -0.2) is 0 Å². The van der Waals surface area contributed by atoms with Crippen LogP contribution in [0, 0.1) is 6.92 Å². The quantitative estimate of drug-likeness (QED) is 0.675. The molecule has 0 spiro atoms. The Morgan fingerprint density at radius 3 is 2.87 bits per heavy atom. The van der Waals surface area contributed by atoms with Crippen molar-refractivity contribution in [2.45, 2.75) is 32.6 Å². The Kier molecular flexibility index (Phi) is 1.78. The predicted octanol–water partition coefficient (Wildman–Crippen LogP) is 3.06.